The molecular formula is C42H80O2STi. The molecule has 4 heteroatoms. The third-order valence-electron chi connectivity index (χ3n) is 8.00. The molecule has 0 amide bonds. The van der Waals surface area contributed by atoms with E-state index >= 15 is 0 Å². The fraction of sp³-hybridized carbons (Fsp3) is 0.786. The van der Waals surface area contributed by atoms with Crippen LogP contribution in [-0.2, 0) is 32.8 Å². The van der Waals surface area contributed by atoms with E-state index in [0.29, 0.717) is 4.90 Å². The molecule has 1 aromatic carbocycles. The second kappa shape index (κ2) is 51.9. The van der Waals surface area contributed by atoms with Crippen molar-refractivity contribution in [3.05, 3.63) is 51.1 Å². The Morgan fingerprint density at radius 2 is 0.652 bits per heavy atom. The van der Waals surface area contributed by atoms with Crippen LogP contribution in [0.1, 0.15) is 213 Å². The first-order valence-corrected chi connectivity index (χ1v) is 20.6. The molecule has 2 nitrogen and oxygen atoms in total. The molecule has 0 aliphatic carbocycles. The Morgan fingerprint density at radius 1 is 0.435 bits per heavy atom. The van der Waals surface area contributed by atoms with Gasteiger partial charge in [0.2, 0.25) is 0 Å². The summed E-state index contributed by atoms with van der Waals surface area (Å²) in [5.41, 5.74) is 0. The molecule has 0 aromatic heterocycles. The van der Waals surface area contributed by atoms with Crippen molar-refractivity contribution in [1.29, 1.82) is 0 Å². The first-order valence-electron chi connectivity index (χ1n) is 19.6. The van der Waals surface area contributed by atoms with Gasteiger partial charge in [-0.1, -0.05) is 212 Å². The predicted molar refractivity (Wildman–Crippen MR) is 205 cm³/mol. The maximum absolute atomic E-state index is 10.2. The molecule has 1 unspecified atom stereocenters. The Kier molecular flexibility index (Phi) is 59.6. The van der Waals surface area contributed by atoms with Crippen LogP contribution in [0.25, 0.3) is 0 Å². The summed E-state index contributed by atoms with van der Waals surface area (Å²) in [6, 6.07) is 8.23. The third-order valence-corrected chi connectivity index (χ3v) is 8.65. The van der Waals surface area contributed by atoms with Crippen LogP contribution in [0.5, 0.6) is 0 Å². The minimum absolute atomic E-state index is 0. The van der Waals surface area contributed by atoms with Crippen LogP contribution < -0.4 is 0 Å². The number of rotatable bonds is 28. The van der Waals surface area contributed by atoms with Crippen LogP contribution in [0.15, 0.2) is 35.2 Å². The summed E-state index contributed by atoms with van der Waals surface area (Å²) in [7, 11) is 0. The van der Waals surface area contributed by atoms with Crippen LogP contribution in [0.4, 0.5) is 0 Å². The molecule has 0 N–H and O–H groups in total. The normalized spacial score (nSPS) is 10.8. The van der Waals surface area contributed by atoms with Crippen molar-refractivity contribution < 1.29 is 30.5 Å². The molecule has 270 valence electrons. The van der Waals surface area contributed by atoms with Crippen LogP contribution in [0.3, 0.4) is 0 Å². The van der Waals surface area contributed by atoms with Gasteiger partial charge in [-0.25, -0.2) is 0 Å². The third kappa shape index (κ3) is 53.5. The minimum Gasteiger partial charge on any atom is -0.768 e. The molecule has 1 rings (SSSR count). The quantitative estimate of drug-likeness (QED) is 0.0379. The van der Waals surface area contributed by atoms with Crippen molar-refractivity contribution in [2.75, 3.05) is 0 Å². The van der Waals surface area contributed by atoms with Gasteiger partial charge in [0.25, 0.3) is 0 Å². The van der Waals surface area contributed by atoms with Crippen molar-refractivity contribution in [2.45, 2.75) is 218 Å². The van der Waals surface area contributed by atoms with Crippen molar-refractivity contribution >= 4 is 11.1 Å². The van der Waals surface area contributed by atoms with Gasteiger partial charge in [-0.3, -0.25) is 4.21 Å². The topological polar surface area (TPSA) is 40.1 Å². The average molecular weight is 697 g/mol. The van der Waals surface area contributed by atoms with Crippen molar-refractivity contribution in [2.24, 2.45) is 0 Å². The van der Waals surface area contributed by atoms with Gasteiger partial charge in [0, 0.05) is 4.90 Å². The summed E-state index contributed by atoms with van der Waals surface area (Å²) in [4.78, 5) is 0.331. The number of hydrogen-bond acceptors (Lipinski definition) is 2. The molecule has 0 saturated heterocycles. The standard InChI is InChI=1S/3C12H25.C6H6O2S.Ti/c3*1-3-5-7-9-11-12-10-8-6-4-2;7-9(8)6-4-2-1-3-5-6;/h3*1,3-12H2,2H3;1-5H,(H,7,8);/q3*-1;;+4/p-1. The second-order valence-electron chi connectivity index (χ2n) is 12.6. The van der Waals surface area contributed by atoms with Gasteiger partial charge in [0.15, 0.2) is 0 Å². The summed E-state index contributed by atoms with van der Waals surface area (Å²) in [5, 5.41) is 0. The first-order chi connectivity index (χ1) is 22.0. The second-order valence-corrected chi connectivity index (χ2v) is 13.5. The smallest absolute Gasteiger partial charge is 0.768 e. The van der Waals surface area contributed by atoms with E-state index in [4.69, 9.17) is 0 Å². The summed E-state index contributed by atoms with van der Waals surface area (Å²) in [6.45, 7) is 18.3. The molecule has 0 bridgehead atoms. The summed E-state index contributed by atoms with van der Waals surface area (Å²) in [5.74, 6) is 0. The van der Waals surface area contributed by atoms with Crippen molar-refractivity contribution in [1.82, 2.24) is 0 Å². The first kappa shape index (κ1) is 52.8. The fourth-order valence-electron chi connectivity index (χ4n) is 4.99. The molecule has 0 heterocycles. The van der Waals surface area contributed by atoms with Crippen molar-refractivity contribution in [3.63, 3.8) is 0 Å². The Morgan fingerprint density at radius 3 is 0.826 bits per heavy atom. The fourth-order valence-corrected chi connectivity index (χ4v) is 5.37. The van der Waals surface area contributed by atoms with Crippen LogP contribution in [-0.4, -0.2) is 8.76 Å². The zero-order chi connectivity index (χ0) is 33.9. The largest absolute Gasteiger partial charge is 4.00 e. The zero-order valence-electron chi connectivity index (χ0n) is 31.4. The zero-order valence-corrected chi connectivity index (χ0v) is 33.8. The molecule has 46 heavy (non-hydrogen) atoms. The van der Waals surface area contributed by atoms with Gasteiger partial charge >= 0.3 is 21.7 Å². The maximum atomic E-state index is 10.2. The Balaban J connectivity index is -0.000000255. The SMILES string of the molecule is O=S([O-])c1ccccc1.[CH2-]CCCCCCCCCCC.[CH2-]CCCCCCCCCCC.[CH2-]CCCCCCCCCCC.[Ti+4]. The van der Waals surface area contributed by atoms with E-state index in [1.54, 1.807) is 30.3 Å². The number of unbranched alkanes of at least 4 members (excludes halogenated alkanes) is 27. The maximum Gasteiger partial charge on any atom is 4.00 e. The van der Waals surface area contributed by atoms with Gasteiger partial charge in [-0.05, 0) is 23.2 Å². The van der Waals surface area contributed by atoms with Crippen molar-refractivity contribution in [3.8, 4) is 0 Å². The molecule has 1 atom stereocenters. The minimum atomic E-state index is -2.08. The monoisotopic (exact) mass is 697 g/mol. The molecular weight excluding hydrogens is 616 g/mol. The van der Waals surface area contributed by atoms with Crippen LogP contribution in [0.2, 0.25) is 0 Å². The summed E-state index contributed by atoms with van der Waals surface area (Å²) < 4.78 is 20.4. The van der Waals surface area contributed by atoms with Gasteiger partial charge in [-0.15, -0.1) is 0 Å². The molecule has 0 aliphatic heterocycles. The predicted octanol–water partition coefficient (Wildman–Crippen LogP) is 15.1. The number of hydrogen-bond donors (Lipinski definition) is 0. The van der Waals surface area contributed by atoms with Crippen LogP contribution in [0, 0.1) is 20.8 Å². The molecule has 0 aliphatic rings. The van der Waals surface area contributed by atoms with E-state index in [1.165, 1.54) is 173 Å². The summed E-state index contributed by atoms with van der Waals surface area (Å²) >= 11 is -2.08. The van der Waals surface area contributed by atoms with Gasteiger partial charge in [-0.2, -0.15) is 19.3 Å². The van der Waals surface area contributed by atoms with E-state index in [2.05, 4.69) is 41.5 Å². The van der Waals surface area contributed by atoms with E-state index in [1.807, 2.05) is 0 Å². The van der Waals surface area contributed by atoms with E-state index in [0.717, 1.165) is 19.3 Å². The average Bonchev–Trinajstić information content (AvgIpc) is 3.06. The van der Waals surface area contributed by atoms with Gasteiger partial charge in [0.1, 0.15) is 0 Å². The van der Waals surface area contributed by atoms with Gasteiger partial charge in [0.05, 0.1) is 0 Å². The van der Waals surface area contributed by atoms with Crippen LogP contribution >= 0.6 is 0 Å². The van der Waals surface area contributed by atoms with Gasteiger partial charge < -0.3 is 25.3 Å². The van der Waals surface area contributed by atoms with E-state index in [-0.39, 0.29) is 21.7 Å². The molecule has 1 aromatic rings. The van der Waals surface area contributed by atoms with E-state index < -0.39 is 11.1 Å². The Labute approximate surface area is 309 Å². The molecule has 0 spiro atoms. The Bertz CT molecular complexity index is 548. The molecule has 0 fully saturated rings. The Hall–Kier alpha value is 0.0443. The van der Waals surface area contributed by atoms with E-state index in [9.17, 15) is 8.76 Å². The number of benzene rings is 1. The molecule has 0 saturated carbocycles. The summed E-state index contributed by atoms with van der Waals surface area (Å²) in [6.07, 6.45) is 41.7. The molecule has 0 radical (unpaired) electrons.